The van der Waals surface area contributed by atoms with Crippen LogP contribution in [-0.4, -0.2) is 56.9 Å². The molecule has 0 N–H and O–H groups in total. The maximum atomic E-state index is 13.0. The van der Waals surface area contributed by atoms with Crippen LogP contribution in [0.5, 0.6) is 0 Å². The lowest BCUT2D eigenvalue weighted by Crippen LogP contribution is -2.50. The van der Waals surface area contributed by atoms with E-state index in [4.69, 9.17) is 0 Å². The molecule has 0 amide bonds. The topological polar surface area (TPSA) is 43.9 Å². The smallest absolute Gasteiger partial charge is 0.244 e. The number of piperazine rings is 1. The zero-order valence-electron chi connectivity index (χ0n) is 16.3. The number of nitrogens with zero attached hydrogens (tertiary/aromatic N) is 3. The van der Waals surface area contributed by atoms with Gasteiger partial charge in [0.2, 0.25) is 10.0 Å². The van der Waals surface area contributed by atoms with E-state index in [-0.39, 0.29) is 0 Å². The van der Waals surface area contributed by atoms with Gasteiger partial charge in [-0.15, -0.1) is 0 Å². The van der Waals surface area contributed by atoms with E-state index < -0.39 is 15.6 Å². The predicted octanol–water partition coefficient (Wildman–Crippen LogP) is 3.51. The number of hydrogen-bond acceptors (Lipinski definition) is 4. The van der Waals surface area contributed by atoms with Gasteiger partial charge < -0.3 is 4.90 Å². The van der Waals surface area contributed by atoms with E-state index in [0.29, 0.717) is 11.4 Å². The molecule has 0 spiro atoms. The van der Waals surface area contributed by atoms with Crippen LogP contribution in [0.4, 0.5) is 5.69 Å². The van der Waals surface area contributed by atoms with E-state index in [2.05, 4.69) is 43.9 Å². The van der Waals surface area contributed by atoms with Gasteiger partial charge >= 0.3 is 0 Å². The first-order chi connectivity index (χ1) is 13.3. The fraction of sp³-hybridized carbons (Fsp3) is 0.429. The molecule has 2 aromatic rings. The summed E-state index contributed by atoms with van der Waals surface area (Å²) >= 11 is 3.63. The molecule has 2 aliphatic heterocycles. The molecule has 1 saturated heterocycles. The highest BCUT2D eigenvalue weighted by atomic mass is 79.9. The Morgan fingerprint density at radius 1 is 0.929 bits per heavy atom. The molecule has 0 atom stereocenters. The molecule has 0 aromatic heterocycles. The van der Waals surface area contributed by atoms with E-state index >= 15 is 0 Å². The SMILES string of the molecule is CC1(C)c2ccccc2S(=O)(=O)N1CCN1CCN(c2ccccc2Br)CC1. The molecular formula is C21H26BrN3O2S. The molecule has 0 aliphatic carbocycles. The van der Waals surface area contributed by atoms with Crippen LogP contribution in [0.25, 0.3) is 0 Å². The van der Waals surface area contributed by atoms with Crippen molar-refractivity contribution in [2.45, 2.75) is 24.3 Å². The van der Waals surface area contributed by atoms with Gasteiger partial charge in [-0.2, -0.15) is 4.31 Å². The Morgan fingerprint density at radius 2 is 1.57 bits per heavy atom. The summed E-state index contributed by atoms with van der Waals surface area (Å²) in [5.41, 5.74) is 1.61. The largest absolute Gasteiger partial charge is 0.368 e. The van der Waals surface area contributed by atoms with E-state index in [1.807, 2.05) is 32.0 Å². The second-order valence-electron chi connectivity index (χ2n) is 7.91. The van der Waals surface area contributed by atoms with Gasteiger partial charge in [-0.1, -0.05) is 30.3 Å². The van der Waals surface area contributed by atoms with Gasteiger partial charge in [0.15, 0.2) is 0 Å². The maximum Gasteiger partial charge on any atom is 0.244 e. The van der Waals surface area contributed by atoms with Crippen LogP contribution in [0.3, 0.4) is 0 Å². The van der Waals surface area contributed by atoms with Crippen LogP contribution in [-0.2, 0) is 15.6 Å². The zero-order chi connectivity index (χ0) is 19.9. The lowest BCUT2D eigenvalue weighted by molar-refractivity contribution is 0.189. The Hall–Kier alpha value is -1.41. The third-order valence-electron chi connectivity index (χ3n) is 5.92. The van der Waals surface area contributed by atoms with Crippen LogP contribution < -0.4 is 4.90 Å². The van der Waals surface area contributed by atoms with Crippen molar-refractivity contribution in [1.29, 1.82) is 0 Å². The number of fused-ring (bicyclic) bond motifs is 1. The summed E-state index contributed by atoms with van der Waals surface area (Å²) in [5.74, 6) is 0. The molecule has 4 rings (SSSR count). The average Bonchev–Trinajstić information content (AvgIpc) is 2.84. The molecule has 150 valence electrons. The van der Waals surface area contributed by atoms with Crippen LogP contribution in [0, 0.1) is 0 Å². The van der Waals surface area contributed by atoms with Gasteiger partial charge in [-0.3, -0.25) is 4.90 Å². The van der Waals surface area contributed by atoms with E-state index in [9.17, 15) is 8.42 Å². The number of rotatable bonds is 4. The Balaban J connectivity index is 1.40. The van der Waals surface area contributed by atoms with Crippen molar-refractivity contribution in [2.24, 2.45) is 0 Å². The van der Waals surface area contributed by atoms with Crippen molar-refractivity contribution in [1.82, 2.24) is 9.21 Å². The lowest BCUT2D eigenvalue weighted by Gasteiger charge is -2.38. The summed E-state index contributed by atoms with van der Waals surface area (Å²) in [6, 6.07) is 15.7. The fourth-order valence-corrected chi connectivity index (χ4v) is 6.94. The van der Waals surface area contributed by atoms with Gasteiger partial charge in [0.1, 0.15) is 0 Å². The molecule has 0 radical (unpaired) electrons. The molecule has 0 unspecified atom stereocenters. The Bertz CT molecular complexity index is 969. The monoisotopic (exact) mass is 463 g/mol. The minimum atomic E-state index is -3.42. The van der Waals surface area contributed by atoms with Crippen LogP contribution in [0.1, 0.15) is 19.4 Å². The highest BCUT2D eigenvalue weighted by Crippen LogP contribution is 2.43. The molecule has 28 heavy (non-hydrogen) atoms. The summed E-state index contributed by atoms with van der Waals surface area (Å²) in [7, 11) is -3.42. The molecule has 0 bridgehead atoms. The van der Waals surface area contributed by atoms with Gasteiger partial charge in [-0.25, -0.2) is 8.42 Å². The van der Waals surface area contributed by atoms with Gasteiger partial charge in [0.05, 0.1) is 16.1 Å². The van der Waals surface area contributed by atoms with Crippen molar-refractivity contribution >= 4 is 31.6 Å². The highest BCUT2D eigenvalue weighted by Gasteiger charge is 2.47. The third-order valence-corrected chi connectivity index (χ3v) is 8.72. The van der Waals surface area contributed by atoms with Crippen molar-refractivity contribution in [2.75, 3.05) is 44.2 Å². The first-order valence-corrected chi connectivity index (χ1v) is 11.9. The van der Waals surface area contributed by atoms with Gasteiger partial charge in [0.25, 0.3) is 0 Å². The Morgan fingerprint density at radius 3 is 2.25 bits per heavy atom. The molecule has 2 heterocycles. The minimum absolute atomic E-state index is 0.457. The van der Waals surface area contributed by atoms with Crippen LogP contribution in [0.2, 0.25) is 0 Å². The van der Waals surface area contributed by atoms with Crippen molar-refractivity contribution in [3.8, 4) is 0 Å². The normalized spacial score (nSPS) is 21.6. The number of hydrogen-bond donors (Lipinski definition) is 0. The summed E-state index contributed by atoms with van der Waals surface area (Å²) in [5, 5.41) is 0. The standard InChI is InChI=1S/C21H26BrN3O2S/c1-21(2)17-7-3-6-10-20(17)28(26,27)25(21)16-13-23-11-14-24(15-12-23)19-9-5-4-8-18(19)22/h3-10H,11-16H2,1-2H3. The number of sulfonamides is 1. The number of anilines is 1. The molecule has 2 aliphatic rings. The molecule has 2 aromatic carbocycles. The quantitative estimate of drug-likeness (QED) is 0.695. The molecular weight excluding hydrogens is 438 g/mol. The predicted molar refractivity (Wildman–Crippen MR) is 116 cm³/mol. The molecule has 0 saturated carbocycles. The third kappa shape index (κ3) is 3.38. The number of halogens is 1. The molecule has 7 heteroatoms. The summed E-state index contributed by atoms with van der Waals surface area (Å²) in [6.07, 6.45) is 0. The first kappa shape index (κ1) is 19.9. The summed E-state index contributed by atoms with van der Waals surface area (Å²) in [6.45, 7) is 9.02. The maximum absolute atomic E-state index is 13.0. The highest BCUT2D eigenvalue weighted by molar-refractivity contribution is 9.10. The lowest BCUT2D eigenvalue weighted by atomic mass is 9.94. The minimum Gasteiger partial charge on any atom is -0.368 e. The van der Waals surface area contributed by atoms with Crippen molar-refractivity contribution < 1.29 is 8.42 Å². The van der Waals surface area contributed by atoms with E-state index in [0.717, 1.165) is 42.8 Å². The molecule has 5 nitrogen and oxygen atoms in total. The second kappa shape index (κ2) is 7.44. The van der Waals surface area contributed by atoms with Crippen LogP contribution >= 0.6 is 15.9 Å². The fourth-order valence-electron chi connectivity index (χ4n) is 4.30. The van der Waals surface area contributed by atoms with E-state index in [1.54, 1.807) is 16.4 Å². The first-order valence-electron chi connectivity index (χ1n) is 9.66. The van der Waals surface area contributed by atoms with Crippen LogP contribution in [0.15, 0.2) is 57.9 Å². The average molecular weight is 464 g/mol. The second-order valence-corrected chi connectivity index (χ2v) is 10.6. The van der Waals surface area contributed by atoms with Crippen molar-refractivity contribution in [3.63, 3.8) is 0 Å². The van der Waals surface area contributed by atoms with Gasteiger partial charge in [0, 0.05) is 43.7 Å². The number of para-hydroxylation sites is 1. The van der Waals surface area contributed by atoms with Crippen molar-refractivity contribution in [3.05, 3.63) is 58.6 Å². The zero-order valence-corrected chi connectivity index (χ0v) is 18.7. The number of benzene rings is 2. The summed E-state index contributed by atoms with van der Waals surface area (Å²) in [4.78, 5) is 5.20. The molecule has 1 fully saturated rings. The van der Waals surface area contributed by atoms with Gasteiger partial charge in [-0.05, 0) is 53.5 Å². The van der Waals surface area contributed by atoms with E-state index in [1.165, 1.54) is 5.69 Å². The Labute approximate surface area is 176 Å². The summed E-state index contributed by atoms with van der Waals surface area (Å²) < 4.78 is 28.9. The Kier molecular flexibility index (Phi) is 5.29.